The van der Waals surface area contributed by atoms with Gasteiger partial charge in [-0.25, -0.2) is 0 Å². The molecule has 1 aliphatic heterocycles. The molecule has 0 N–H and O–H groups in total. The summed E-state index contributed by atoms with van der Waals surface area (Å²) in [5.74, 6) is 0.0156. The van der Waals surface area contributed by atoms with Crippen LogP contribution in [0.4, 0.5) is 0 Å². The smallest absolute Gasteiger partial charge is 0.274 e. The summed E-state index contributed by atoms with van der Waals surface area (Å²) in [6.45, 7) is 4.10. The summed E-state index contributed by atoms with van der Waals surface area (Å²) >= 11 is 0. The molecule has 6 nitrogen and oxygen atoms in total. The number of amides is 1. The normalized spacial score (nSPS) is 18.0. The van der Waals surface area contributed by atoms with Gasteiger partial charge in [-0.2, -0.15) is 5.10 Å². The average Bonchev–Trinajstić information content (AvgIpc) is 2.68. The van der Waals surface area contributed by atoms with Crippen LogP contribution >= 0.6 is 0 Å². The van der Waals surface area contributed by atoms with Gasteiger partial charge in [0.2, 0.25) is 0 Å². The lowest BCUT2D eigenvalue weighted by Crippen LogP contribution is -2.48. The van der Waals surface area contributed by atoms with E-state index in [2.05, 4.69) is 26.1 Å². The maximum absolute atomic E-state index is 12.7. The molecule has 6 heteroatoms. The largest absolute Gasteiger partial charge is 0.335 e. The summed E-state index contributed by atoms with van der Waals surface area (Å²) in [5.41, 5.74) is 3.99. The maximum atomic E-state index is 12.7. The monoisotopic (exact) mass is 337 g/mol. The second kappa shape index (κ2) is 7.27. The Kier molecular flexibility index (Phi) is 4.70. The third-order valence-corrected chi connectivity index (χ3v) is 5.08. The molecule has 3 heterocycles. The zero-order valence-electron chi connectivity index (χ0n) is 14.4. The molecule has 1 aliphatic carbocycles. The zero-order valence-corrected chi connectivity index (χ0v) is 14.4. The van der Waals surface area contributed by atoms with E-state index in [4.69, 9.17) is 0 Å². The van der Waals surface area contributed by atoms with E-state index < -0.39 is 0 Å². The van der Waals surface area contributed by atoms with Crippen LogP contribution in [0.15, 0.2) is 30.6 Å². The Morgan fingerprint density at radius 1 is 1.08 bits per heavy atom. The summed E-state index contributed by atoms with van der Waals surface area (Å²) in [7, 11) is 0. The fraction of sp³-hybridized carbons (Fsp3) is 0.474. The van der Waals surface area contributed by atoms with Crippen molar-refractivity contribution in [2.24, 2.45) is 0 Å². The van der Waals surface area contributed by atoms with Crippen molar-refractivity contribution in [3.8, 4) is 0 Å². The van der Waals surface area contributed by atoms with E-state index in [1.807, 2.05) is 23.2 Å². The third-order valence-electron chi connectivity index (χ3n) is 5.08. The van der Waals surface area contributed by atoms with E-state index in [1.54, 1.807) is 6.20 Å². The van der Waals surface area contributed by atoms with Gasteiger partial charge in [-0.05, 0) is 48.9 Å². The lowest BCUT2D eigenvalue weighted by atomic mass is 9.96. The Labute approximate surface area is 147 Å². The number of pyridine rings is 1. The number of rotatable bonds is 3. The summed E-state index contributed by atoms with van der Waals surface area (Å²) in [4.78, 5) is 21.2. The number of fused-ring (bicyclic) bond motifs is 1. The van der Waals surface area contributed by atoms with Crippen LogP contribution in [-0.2, 0) is 19.4 Å². The van der Waals surface area contributed by atoms with E-state index >= 15 is 0 Å². The van der Waals surface area contributed by atoms with Crippen LogP contribution < -0.4 is 0 Å². The molecule has 0 radical (unpaired) electrons. The van der Waals surface area contributed by atoms with E-state index in [-0.39, 0.29) is 5.91 Å². The van der Waals surface area contributed by atoms with Gasteiger partial charge in [-0.3, -0.25) is 14.7 Å². The van der Waals surface area contributed by atoms with Crippen molar-refractivity contribution < 1.29 is 4.79 Å². The van der Waals surface area contributed by atoms with E-state index in [9.17, 15) is 4.79 Å². The van der Waals surface area contributed by atoms with Crippen LogP contribution in [0.2, 0.25) is 0 Å². The minimum Gasteiger partial charge on any atom is -0.335 e. The molecule has 0 unspecified atom stereocenters. The van der Waals surface area contributed by atoms with Gasteiger partial charge >= 0.3 is 0 Å². The van der Waals surface area contributed by atoms with Gasteiger partial charge in [-0.1, -0.05) is 6.07 Å². The van der Waals surface area contributed by atoms with Crippen molar-refractivity contribution >= 4 is 5.91 Å². The van der Waals surface area contributed by atoms with Crippen molar-refractivity contribution in [2.75, 3.05) is 26.2 Å². The van der Waals surface area contributed by atoms with Crippen LogP contribution in [0.5, 0.6) is 0 Å². The van der Waals surface area contributed by atoms with Gasteiger partial charge in [0, 0.05) is 45.1 Å². The third kappa shape index (κ3) is 3.69. The van der Waals surface area contributed by atoms with Gasteiger partial charge in [-0.15, -0.1) is 5.10 Å². The summed E-state index contributed by atoms with van der Waals surface area (Å²) < 4.78 is 0. The Morgan fingerprint density at radius 2 is 1.92 bits per heavy atom. The molecule has 1 amide bonds. The lowest BCUT2D eigenvalue weighted by Gasteiger charge is -2.34. The van der Waals surface area contributed by atoms with Crippen molar-refractivity contribution in [3.05, 3.63) is 53.1 Å². The first kappa shape index (κ1) is 16.1. The Balaban J connectivity index is 1.36. The van der Waals surface area contributed by atoms with Gasteiger partial charge in [0.1, 0.15) is 0 Å². The molecule has 0 atom stereocenters. The van der Waals surface area contributed by atoms with Crippen LogP contribution in [0, 0.1) is 0 Å². The number of piperazine rings is 1. The van der Waals surface area contributed by atoms with Crippen molar-refractivity contribution in [1.29, 1.82) is 0 Å². The second-order valence-electron chi connectivity index (χ2n) is 6.84. The highest BCUT2D eigenvalue weighted by atomic mass is 16.2. The molecular weight excluding hydrogens is 314 g/mol. The molecule has 0 aromatic carbocycles. The van der Waals surface area contributed by atoms with Crippen molar-refractivity contribution in [2.45, 2.75) is 32.2 Å². The molecule has 0 saturated carbocycles. The minimum absolute atomic E-state index is 0.0156. The molecule has 0 bridgehead atoms. The number of nitrogens with zero attached hydrogens (tertiary/aromatic N) is 5. The quantitative estimate of drug-likeness (QED) is 0.853. The Morgan fingerprint density at radius 3 is 2.72 bits per heavy atom. The van der Waals surface area contributed by atoms with Crippen LogP contribution in [0.3, 0.4) is 0 Å². The topological polar surface area (TPSA) is 62.2 Å². The van der Waals surface area contributed by atoms with Crippen molar-refractivity contribution in [1.82, 2.24) is 25.0 Å². The van der Waals surface area contributed by atoms with Gasteiger partial charge in [0.15, 0.2) is 5.69 Å². The number of hydrogen-bond acceptors (Lipinski definition) is 5. The molecule has 2 aromatic heterocycles. The fourth-order valence-corrected chi connectivity index (χ4v) is 3.62. The summed E-state index contributed by atoms with van der Waals surface area (Å²) in [5, 5.41) is 8.48. The fourth-order valence-electron chi connectivity index (χ4n) is 3.62. The van der Waals surface area contributed by atoms with E-state index in [0.29, 0.717) is 5.69 Å². The van der Waals surface area contributed by atoms with Crippen LogP contribution in [-0.4, -0.2) is 57.1 Å². The summed E-state index contributed by atoms with van der Waals surface area (Å²) in [6, 6.07) is 6.02. The average molecular weight is 337 g/mol. The molecule has 0 spiro atoms. The SMILES string of the molecule is O=C(c1cc2c(nn1)CCCC2)N1CCN(Cc2cccnc2)CC1. The first-order valence-corrected chi connectivity index (χ1v) is 9.05. The molecule has 130 valence electrons. The molecule has 2 aliphatic rings. The summed E-state index contributed by atoms with van der Waals surface area (Å²) in [6.07, 6.45) is 8.06. The number of aryl methyl sites for hydroxylation is 2. The van der Waals surface area contributed by atoms with E-state index in [0.717, 1.165) is 51.3 Å². The predicted octanol–water partition coefficient (Wildman–Crippen LogP) is 1.71. The number of carbonyl (C=O) groups is 1. The molecule has 2 aromatic rings. The minimum atomic E-state index is 0.0156. The van der Waals surface area contributed by atoms with Gasteiger partial charge in [0.05, 0.1) is 5.69 Å². The maximum Gasteiger partial charge on any atom is 0.274 e. The second-order valence-corrected chi connectivity index (χ2v) is 6.84. The molecule has 1 fully saturated rings. The molecular formula is C19H23N5O. The van der Waals surface area contributed by atoms with Gasteiger partial charge in [0.25, 0.3) is 5.91 Å². The lowest BCUT2D eigenvalue weighted by molar-refractivity contribution is 0.0621. The first-order valence-electron chi connectivity index (χ1n) is 9.05. The number of aromatic nitrogens is 3. The number of hydrogen-bond donors (Lipinski definition) is 0. The van der Waals surface area contributed by atoms with E-state index in [1.165, 1.54) is 24.0 Å². The first-order chi connectivity index (χ1) is 12.3. The van der Waals surface area contributed by atoms with Crippen LogP contribution in [0.1, 0.15) is 40.2 Å². The highest BCUT2D eigenvalue weighted by Gasteiger charge is 2.24. The Bertz CT molecular complexity index is 741. The predicted molar refractivity (Wildman–Crippen MR) is 94.1 cm³/mol. The Hall–Kier alpha value is -2.34. The highest BCUT2D eigenvalue weighted by molar-refractivity contribution is 5.92. The molecule has 25 heavy (non-hydrogen) atoms. The van der Waals surface area contributed by atoms with Gasteiger partial charge < -0.3 is 4.90 Å². The van der Waals surface area contributed by atoms with Crippen LogP contribution in [0.25, 0.3) is 0 Å². The van der Waals surface area contributed by atoms with Crippen molar-refractivity contribution in [3.63, 3.8) is 0 Å². The number of carbonyl (C=O) groups excluding carboxylic acids is 1. The highest BCUT2D eigenvalue weighted by Crippen LogP contribution is 2.20. The zero-order chi connectivity index (χ0) is 17.1. The molecule has 1 saturated heterocycles. The standard InChI is InChI=1S/C19H23N5O/c25-19(18-12-16-5-1-2-6-17(16)21-22-18)24-10-8-23(9-11-24)14-15-4-3-7-20-13-15/h3-4,7,12-13H,1-2,5-6,8-11,14H2. The molecule has 4 rings (SSSR count).